The van der Waals surface area contributed by atoms with Crippen molar-refractivity contribution in [2.75, 3.05) is 6.54 Å². The molecule has 0 aliphatic rings. The average Bonchev–Trinajstić information content (AvgIpc) is 2.86. The van der Waals surface area contributed by atoms with Crippen LogP contribution in [0.4, 0.5) is 0 Å². The Morgan fingerprint density at radius 1 is 1.26 bits per heavy atom. The Kier molecular flexibility index (Phi) is 4.68. The standard InChI is InChI=1S/C15H22N4/c1-4-13-7-5-6-8-15(13)19-14(11-17-18-19)10-16-9-12(2)3/h5-8,11-12,16H,4,9-10H2,1-3H3. The van der Waals surface area contributed by atoms with Crippen LogP contribution < -0.4 is 5.32 Å². The predicted molar refractivity (Wildman–Crippen MR) is 77.3 cm³/mol. The number of aryl methyl sites for hydroxylation is 1. The van der Waals surface area contributed by atoms with Crippen molar-refractivity contribution < 1.29 is 0 Å². The van der Waals surface area contributed by atoms with Gasteiger partial charge in [0.05, 0.1) is 17.6 Å². The normalized spacial score (nSPS) is 11.2. The van der Waals surface area contributed by atoms with E-state index in [1.54, 1.807) is 0 Å². The Balaban J connectivity index is 2.19. The largest absolute Gasteiger partial charge is 0.311 e. The van der Waals surface area contributed by atoms with Crippen molar-refractivity contribution in [3.63, 3.8) is 0 Å². The molecular weight excluding hydrogens is 236 g/mol. The van der Waals surface area contributed by atoms with Gasteiger partial charge in [-0.15, -0.1) is 5.10 Å². The van der Waals surface area contributed by atoms with E-state index in [2.05, 4.69) is 54.6 Å². The van der Waals surface area contributed by atoms with Gasteiger partial charge in [-0.25, -0.2) is 4.68 Å². The summed E-state index contributed by atoms with van der Waals surface area (Å²) >= 11 is 0. The lowest BCUT2D eigenvalue weighted by atomic mass is 10.1. The second-order valence-electron chi connectivity index (χ2n) is 5.14. The molecule has 19 heavy (non-hydrogen) atoms. The van der Waals surface area contributed by atoms with Crippen LogP contribution in [0.1, 0.15) is 32.0 Å². The minimum atomic E-state index is 0.646. The summed E-state index contributed by atoms with van der Waals surface area (Å²) in [6, 6.07) is 8.35. The molecular formula is C15H22N4. The van der Waals surface area contributed by atoms with Crippen LogP contribution in [0.15, 0.2) is 30.5 Å². The van der Waals surface area contributed by atoms with E-state index in [4.69, 9.17) is 0 Å². The molecule has 1 aromatic heterocycles. The molecule has 1 N–H and O–H groups in total. The number of hydrogen-bond acceptors (Lipinski definition) is 3. The van der Waals surface area contributed by atoms with Gasteiger partial charge in [-0.1, -0.05) is 44.2 Å². The summed E-state index contributed by atoms with van der Waals surface area (Å²) in [5, 5.41) is 11.7. The van der Waals surface area contributed by atoms with Gasteiger partial charge in [0.1, 0.15) is 0 Å². The van der Waals surface area contributed by atoms with E-state index in [1.807, 2.05) is 16.9 Å². The number of hydrogen-bond donors (Lipinski definition) is 1. The zero-order valence-corrected chi connectivity index (χ0v) is 11.9. The van der Waals surface area contributed by atoms with E-state index >= 15 is 0 Å². The highest BCUT2D eigenvalue weighted by Crippen LogP contribution is 2.15. The van der Waals surface area contributed by atoms with Crippen molar-refractivity contribution in [1.29, 1.82) is 0 Å². The molecule has 1 heterocycles. The molecule has 1 aromatic carbocycles. The summed E-state index contributed by atoms with van der Waals surface area (Å²) in [5.74, 6) is 0.646. The summed E-state index contributed by atoms with van der Waals surface area (Å²) < 4.78 is 1.94. The SMILES string of the molecule is CCc1ccccc1-n1nncc1CNCC(C)C. The Bertz CT molecular complexity index is 516. The van der Waals surface area contributed by atoms with Crippen LogP contribution >= 0.6 is 0 Å². The molecule has 4 nitrogen and oxygen atoms in total. The summed E-state index contributed by atoms with van der Waals surface area (Å²) in [5.41, 5.74) is 3.52. The zero-order valence-electron chi connectivity index (χ0n) is 11.9. The lowest BCUT2D eigenvalue weighted by Crippen LogP contribution is -2.21. The molecule has 2 rings (SSSR count). The molecule has 0 bridgehead atoms. The first-order chi connectivity index (χ1) is 9.22. The number of aromatic nitrogens is 3. The Morgan fingerprint density at radius 3 is 2.79 bits per heavy atom. The molecule has 0 amide bonds. The average molecular weight is 258 g/mol. The summed E-state index contributed by atoms with van der Waals surface area (Å²) in [6.07, 6.45) is 2.83. The minimum Gasteiger partial charge on any atom is -0.311 e. The molecule has 0 saturated carbocycles. The van der Waals surface area contributed by atoms with Crippen molar-refractivity contribution in [2.45, 2.75) is 33.7 Å². The van der Waals surface area contributed by atoms with E-state index in [9.17, 15) is 0 Å². The van der Waals surface area contributed by atoms with Gasteiger partial charge in [0.2, 0.25) is 0 Å². The highest BCUT2D eigenvalue weighted by Gasteiger charge is 2.09. The fourth-order valence-electron chi connectivity index (χ4n) is 2.08. The van der Waals surface area contributed by atoms with Gasteiger partial charge >= 0.3 is 0 Å². The Labute approximate surface area is 114 Å². The number of nitrogens with one attached hydrogen (secondary N) is 1. The van der Waals surface area contributed by atoms with Gasteiger partial charge in [0, 0.05) is 6.54 Å². The molecule has 0 fully saturated rings. The van der Waals surface area contributed by atoms with Crippen LogP contribution in [0.3, 0.4) is 0 Å². The van der Waals surface area contributed by atoms with Gasteiger partial charge in [0.25, 0.3) is 0 Å². The maximum absolute atomic E-state index is 4.22. The molecule has 0 aliphatic heterocycles. The lowest BCUT2D eigenvalue weighted by Gasteiger charge is -2.11. The smallest absolute Gasteiger partial charge is 0.0783 e. The maximum Gasteiger partial charge on any atom is 0.0783 e. The molecule has 0 unspecified atom stereocenters. The van der Waals surface area contributed by atoms with Crippen LogP contribution in [0.25, 0.3) is 5.69 Å². The van der Waals surface area contributed by atoms with E-state index in [0.29, 0.717) is 5.92 Å². The van der Waals surface area contributed by atoms with Crippen LogP contribution in [0.5, 0.6) is 0 Å². The second-order valence-corrected chi connectivity index (χ2v) is 5.14. The van der Waals surface area contributed by atoms with Gasteiger partial charge in [-0.05, 0) is 30.5 Å². The number of benzene rings is 1. The second kappa shape index (κ2) is 6.48. The van der Waals surface area contributed by atoms with Crippen LogP contribution in [-0.4, -0.2) is 21.5 Å². The topological polar surface area (TPSA) is 42.7 Å². The molecule has 0 radical (unpaired) electrons. The van der Waals surface area contributed by atoms with Gasteiger partial charge in [-0.3, -0.25) is 0 Å². The monoisotopic (exact) mass is 258 g/mol. The number of rotatable bonds is 6. The van der Waals surface area contributed by atoms with Crippen LogP contribution in [-0.2, 0) is 13.0 Å². The molecule has 0 spiro atoms. The van der Waals surface area contributed by atoms with Crippen molar-refractivity contribution >= 4 is 0 Å². The number of para-hydroxylation sites is 1. The Hall–Kier alpha value is -1.68. The molecule has 2 aromatic rings. The maximum atomic E-state index is 4.22. The van der Waals surface area contributed by atoms with Crippen LogP contribution in [0.2, 0.25) is 0 Å². The quantitative estimate of drug-likeness (QED) is 0.866. The highest BCUT2D eigenvalue weighted by atomic mass is 15.4. The molecule has 0 atom stereocenters. The van der Waals surface area contributed by atoms with Crippen molar-refractivity contribution in [3.05, 3.63) is 41.7 Å². The lowest BCUT2D eigenvalue weighted by molar-refractivity contribution is 0.542. The number of nitrogens with zero attached hydrogens (tertiary/aromatic N) is 3. The predicted octanol–water partition coefficient (Wildman–Crippen LogP) is 2.58. The molecule has 0 saturated heterocycles. The van der Waals surface area contributed by atoms with Crippen molar-refractivity contribution in [1.82, 2.24) is 20.3 Å². The minimum absolute atomic E-state index is 0.646. The molecule has 102 valence electrons. The first-order valence-corrected chi connectivity index (χ1v) is 6.91. The van der Waals surface area contributed by atoms with Crippen molar-refractivity contribution in [2.24, 2.45) is 5.92 Å². The van der Waals surface area contributed by atoms with E-state index < -0.39 is 0 Å². The van der Waals surface area contributed by atoms with E-state index in [0.717, 1.165) is 30.9 Å². The van der Waals surface area contributed by atoms with E-state index in [1.165, 1.54) is 5.56 Å². The third-order valence-corrected chi connectivity index (χ3v) is 3.08. The summed E-state index contributed by atoms with van der Waals surface area (Å²) in [7, 11) is 0. The van der Waals surface area contributed by atoms with Gasteiger partial charge in [-0.2, -0.15) is 0 Å². The highest BCUT2D eigenvalue weighted by molar-refractivity contribution is 5.41. The van der Waals surface area contributed by atoms with Crippen LogP contribution in [0, 0.1) is 5.92 Å². The summed E-state index contributed by atoms with van der Waals surface area (Å²) in [4.78, 5) is 0. The van der Waals surface area contributed by atoms with E-state index in [-0.39, 0.29) is 0 Å². The summed E-state index contributed by atoms with van der Waals surface area (Å²) in [6.45, 7) is 8.36. The first-order valence-electron chi connectivity index (χ1n) is 6.91. The first kappa shape index (κ1) is 13.7. The Morgan fingerprint density at radius 2 is 2.05 bits per heavy atom. The fourth-order valence-corrected chi connectivity index (χ4v) is 2.08. The molecule has 4 heteroatoms. The zero-order chi connectivity index (χ0) is 13.7. The fraction of sp³-hybridized carbons (Fsp3) is 0.467. The third-order valence-electron chi connectivity index (χ3n) is 3.08. The third kappa shape index (κ3) is 3.41. The van der Waals surface area contributed by atoms with Gasteiger partial charge in [0.15, 0.2) is 0 Å². The van der Waals surface area contributed by atoms with Gasteiger partial charge < -0.3 is 5.32 Å². The molecule has 0 aliphatic carbocycles. The van der Waals surface area contributed by atoms with Crippen molar-refractivity contribution in [3.8, 4) is 5.69 Å².